The molecule has 2 heterocycles. The second-order valence-electron chi connectivity index (χ2n) is 6.14. The minimum atomic E-state index is -0.122. The van der Waals surface area contributed by atoms with E-state index >= 15 is 0 Å². The predicted octanol–water partition coefficient (Wildman–Crippen LogP) is 2.25. The maximum Gasteiger partial charge on any atom is 0.272 e. The fourth-order valence-corrected chi connectivity index (χ4v) is 3.31. The highest BCUT2D eigenvalue weighted by Crippen LogP contribution is 2.18. The monoisotopic (exact) mass is 320 g/mol. The number of nitrogens with one attached hydrogen (secondary N) is 1. The molecule has 4 rings (SSSR count). The lowest BCUT2D eigenvalue weighted by atomic mass is 10.1. The van der Waals surface area contributed by atoms with Gasteiger partial charge in [-0.25, -0.2) is 5.10 Å². The molecule has 1 saturated heterocycles. The van der Waals surface area contributed by atoms with Crippen LogP contribution in [0.2, 0.25) is 0 Å². The molecule has 1 N–H and O–H groups in total. The zero-order valence-corrected chi connectivity index (χ0v) is 13.5. The topological polar surface area (TPSA) is 52.2 Å². The van der Waals surface area contributed by atoms with Gasteiger partial charge >= 0.3 is 0 Å². The summed E-state index contributed by atoms with van der Waals surface area (Å²) in [6.45, 7) is 4.75. The molecule has 0 spiro atoms. The minimum Gasteiger partial charge on any atom is -0.369 e. The Morgan fingerprint density at radius 1 is 0.875 bits per heavy atom. The Morgan fingerprint density at radius 2 is 1.54 bits per heavy atom. The van der Waals surface area contributed by atoms with Gasteiger partial charge in [-0.15, -0.1) is 0 Å². The van der Waals surface area contributed by atoms with E-state index in [2.05, 4.69) is 44.3 Å². The van der Waals surface area contributed by atoms with E-state index in [0.29, 0.717) is 5.39 Å². The molecular formula is C19H20N4O. The van der Waals surface area contributed by atoms with Crippen LogP contribution in [0.25, 0.3) is 10.8 Å². The van der Waals surface area contributed by atoms with Crippen molar-refractivity contribution >= 4 is 16.5 Å². The number of aromatic amines is 1. The number of rotatable bonds is 3. The van der Waals surface area contributed by atoms with Crippen LogP contribution in [0.15, 0.2) is 59.4 Å². The summed E-state index contributed by atoms with van der Waals surface area (Å²) in [5.74, 6) is 0. The van der Waals surface area contributed by atoms with Gasteiger partial charge in [0, 0.05) is 43.8 Å². The average Bonchev–Trinajstić information content (AvgIpc) is 2.66. The number of hydrogen-bond acceptors (Lipinski definition) is 4. The van der Waals surface area contributed by atoms with Crippen LogP contribution in [0, 0.1) is 0 Å². The Kier molecular flexibility index (Phi) is 4.01. The normalized spacial score (nSPS) is 15.8. The molecule has 1 aliphatic heterocycles. The molecule has 5 nitrogen and oxygen atoms in total. The molecule has 24 heavy (non-hydrogen) atoms. The Labute approximate surface area is 140 Å². The van der Waals surface area contributed by atoms with Crippen molar-refractivity contribution in [1.82, 2.24) is 15.1 Å². The van der Waals surface area contributed by atoms with Crippen LogP contribution in [0.5, 0.6) is 0 Å². The quantitative estimate of drug-likeness (QED) is 0.804. The van der Waals surface area contributed by atoms with Crippen LogP contribution in [-0.4, -0.2) is 41.3 Å². The summed E-state index contributed by atoms with van der Waals surface area (Å²) in [5.41, 5.74) is 2.10. The zero-order chi connectivity index (χ0) is 16.4. The van der Waals surface area contributed by atoms with E-state index < -0.39 is 0 Å². The molecule has 5 heteroatoms. The summed E-state index contributed by atoms with van der Waals surface area (Å²) < 4.78 is 0. The van der Waals surface area contributed by atoms with E-state index in [4.69, 9.17) is 0 Å². The summed E-state index contributed by atoms with van der Waals surface area (Å²) in [5, 5.41) is 8.57. The van der Waals surface area contributed by atoms with Crippen molar-refractivity contribution in [2.45, 2.75) is 6.54 Å². The van der Waals surface area contributed by atoms with Crippen molar-refractivity contribution in [3.63, 3.8) is 0 Å². The van der Waals surface area contributed by atoms with Crippen LogP contribution in [0.1, 0.15) is 5.69 Å². The van der Waals surface area contributed by atoms with Crippen molar-refractivity contribution in [1.29, 1.82) is 0 Å². The third kappa shape index (κ3) is 2.90. The van der Waals surface area contributed by atoms with E-state index in [-0.39, 0.29) is 5.56 Å². The average molecular weight is 320 g/mol. The third-order valence-corrected chi connectivity index (χ3v) is 4.64. The first kappa shape index (κ1) is 14.9. The first-order valence-corrected chi connectivity index (χ1v) is 8.30. The highest BCUT2D eigenvalue weighted by Gasteiger charge is 2.18. The Bertz CT molecular complexity index is 883. The van der Waals surface area contributed by atoms with E-state index in [0.717, 1.165) is 43.8 Å². The van der Waals surface area contributed by atoms with Crippen molar-refractivity contribution in [3.05, 3.63) is 70.6 Å². The SMILES string of the molecule is O=c1[nH]nc(CN2CCN(c3ccccc3)CC2)c2ccccc12. The van der Waals surface area contributed by atoms with Gasteiger partial charge in [0.25, 0.3) is 5.56 Å². The highest BCUT2D eigenvalue weighted by atomic mass is 16.1. The molecule has 0 unspecified atom stereocenters. The van der Waals surface area contributed by atoms with Gasteiger partial charge in [0.1, 0.15) is 0 Å². The number of benzene rings is 2. The first-order valence-electron chi connectivity index (χ1n) is 8.30. The molecule has 1 aliphatic rings. The van der Waals surface area contributed by atoms with Crippen LogP contribution in [0.4, 0.5) is 5.69 Å². The van der Waals surface area contributed by atoms with Gasteiger partial charge in [0.2, 0.25) is 0 Å². The number of anilines is 1. The lowest BCUT2D eigenvalue weighted by molar-refractivity contribution is 0.247. The largest absolute Gasteiger partial charge is 0.369 e. The summed E-state index contributed by atoms with van der Waals surface area (Å²) in [4.78, 5) is 16.7. The standard InChI is InChI=1S/C19H20N4O/c24-19-17-9-5-4-8-16(17)18(20-21-19)14-22-10-12-23(13-11-22)15-6-2-1-3-7-15/h1-9H,10-14H2,(H,21,24). The second-order valence-corrected chi connectivity index (χ2v) is 6.14. The lowest BCUT2D eigenvalue weighted by Gasteiger charge is -2.36. The van der Waals surface area contributed by atoms with Crippen molar-refractivity contribution in [3.8, 4) is 0 Å². The molecule has 3 aromatic rings. The molecule has 1 aromatic heterocycles. The number of nitrogens with zero attached hydrogens (tertiary/aromatic N) is 3. The van der Waals surface area contributed by atoms with Crippen molar-refractivity contribution in [2.24, 2.45) is 0 Å². The molecule has 0 atom stereocenters. The van der Waals surface area contributed by atoms with Gasteiger partial charge in [0.15, 0.2) is 0 Å². The smallest absolute Gasteiger partial charge is 0.272 e. The zero-order valence-electron chi connectivity index (χ0n) is 13.5. The summed E-state index contributed by atoms with van der Waals surface area (Å²) in [6, 6.07) is 18.2. The third-order valence-electron chi connectivity index (χ3n) is 4.64. The maximum absolute atomic E-state index is 11.9. The van der Waals surface area contributed by atoms with E-state index in [1.54, 1.807) is 0 Å². The number of para-hydroxylation sites is 1. The van der Waals surface area contributed by atoms with E-state index in [1.807, 2.05) is 30.3 Å². The van der Waals surface area contributed by atoms with E-state index in [1.165, 1.54) is 5.69 Å². The Balaban J connectivity index is 1.48. The van der Waals surface area contributed by atoms with Crippen molar-refractivity contribution < 1.29 is 0 Å². The van der Waals surface area contributed by atoms with Crippen LogP contribution >= 0.6 is 0 Å². The van der Waals surface area contributed by atoms with Gasteiger partial charge < -0.3 is 4.90 Å². The number of fused-ring (bicyclic) bond motifs is 1. The maximum atomic E-state index is 11.9. The van der Waals surface area contributed by atoms with Gasteiger partial charge in [0.05, 0.1) is 11.1 Å². The summed E-state index contributed by atoms with van der Waals surface area (Å²) in [6.07, 6.45) is 0. The first-order chi connectivity index (χ1) is 11.8. The molecule has 0 aliphatic carbocycles. The predicted molar refractivity (Wildman–Crippen MR) is 96.3 cm³/mol. The molecule has 0 saturated carbocycles. The Morgan fingerprint density at radius 3 is 2.29 bits per heavy atom. The highest BCUT2D eigenvalue weighted by molar-refractivity contribution is 5.83. The van der Waals surface area contributed by atoms with Crippen molar-refractivity contribution in [2.75, 3.05) is 31.1 Å². The lowest BCUT2D eigenvalue weighted by Crippen LogP contribution is -2.46. The second kappa shape index (κ2) is 6.45. The van der Waals surface area contributed by atoms with Crippen LogP contribution < -0.4 is 10.5 Å². The van der Waals surface area contributed by atoms with Gasteiger partial charge in [-0.1, -0.05) is 36.4 Å². The molecule has 0 radical (unpaired) electrons. The number of hydrogen-bond donors (Lipinski definition) is 1. The fourth-order valence-electron chi connectivity index (χ4n) is 3.31. The molecule has 0 amide bonds. The summed E-state index contributed by atoms with van der Waals surface area (Å²) >= 11 is 0. The van der Waals surface area contributed by atoms with Gasteiger partial charge in [-0.2, -0.15) is 5.10 Å². The molecular weight excluding hydrogens is 300 g/mol. The van der Waals surface area contributed by atoms with Crippen LogP contribution in [-0.2, 0) is 6.54 Å². The molecule has 1 fully saturated rings. The van der Waals surface area contributed by atoms with Crippen LogP contribution in [0.3, 0.4) is 0 Å². The minimum absolute atomic E-state index is 0.122. The number of aromatic nitrogens is 2. The fraction of sp³-hybridized carbons (Fsp3) is 0.263. The van der Waals surface area contributed by atoms with Gasteiger partial charge in [-0.05, 0) is 18.2 Å². The number of H-pyrrole nitrogens is 1. The summed E-state index contributed by atoms with van der Waals surface area (Å²) in [7, 11) is 0. The van der Waals surface area contributed by atoms with E-state index in [9.17, 15) is 4.79 Å². The van der Waals surface area contributed by atoms with Gasteiger partial charge in [-0.3, -0.25) is 9.69 Å². The number of piperazine rings is 1. The molecule has 0 bridgehead atoms. The molecule has 2 aromatic carbocycles. The Hall–Kier alpha value is -2.66. The molecule has 122 valence electrons.